The summed E-state index contributed by atoms with van der Waals surface area (Å²) in [6.45, 7) is 2.04. The van der Waals surface area contributed by atoms with Crippen molar-refractivity contribution in [1.82, 2.24) is 9.55 Å². The molecule has 1 heterocycles. The van der Waals surface area contributed by atoms with Crippen molar-refractivity contribution in [2.24, 2.45) is 7.05 Å². The first-order valence-corrected chi connectivity index (χ1v) is 6.28. The SMILES string of the molecule is CCc1cccc(NC(=O)Nc2nccn(C)c2=O)c1. The third-order valence-corrected chi connectivity index (χ3v) is 2.84. The van der Waals surface area contributed by atoms with E-state index in [9.17, 15) is 9.59 Å². The maximum atomic E-state index is 11.8. The number of amides is 2. The normalized spacial score (nSPS) is 10.1. The van der Waals surface area contributed by atoms with Crippen LogP contribution in [0.2, 0.25) is 0 Å². The molecule has 20 heavy (non-hydrogen) atoms. The summed E-state index contributed by atoms with van der Waals surface area (Å²) in [5, 5.41) is 5.12. The molecule has 0 aliphatic rings. The highest BCUT2D eigenvalue weighted by Gasteiger charge is 2.07. The lowest BCUT2D eigenvalue weighted by Crippen LogP contribution is -2.27. The Morgan fingerprint density at radius 2 is 2.15 bits per heavy atom. The van der Waals surface area contributed by atoms with Gasteiger partial charge in [-0.25, -0.2) is 9.78 Å². The van der Waals surface area contributed by atoms with Crippen LogP contribution in [0.5, 0.6) is 0 Å². The van der Waals surface area contributed by atoms with Crippen molar-refractivity contribution < 1.29 is 4.79 Å². The molecule has 0 unspecified atom stereocenters. The van der Waals surface area contributed by atoms with Crippen LogP contribution in [0.4, 0.5) is 16.3 Å². The first-order valence-electron chi connectivity index (χ1n) is 6.28. The number of urea groups is 1. The number of benzene rings is 1. The van der Waals surface area contributed by atoms with E-state index < -0.39 is 6.03 Å². The van der Waals surface area contributed by atoms with Crippen molar-refractivity contribution in [2.75, 3.05) is 10.6 Å². The van der Waals surface area contributed by atoms with E-state index >= 15 is 0 Å². The first kappa shape index (κ1) is 13.8. The third-order valence-electron chi connectivity index (χ3n) is 2.84. The molecule has 0 fully saturated rings. The molecule has 2 N–H and O–H groups in total. The van der Waals surface area contributed by atoms with Gasteiger partial charge in [-0.2, -0.15) is 0 Å². The summed E-state index contributed by atoms with van der Waals surface area (Å²) in [5.74, 6) is -0.000791. The minimum absolute atomic E-state index is 0.000791. The molecule has 0 saturated carbocycles. The Hall–Kier alpha value is -2.63. The van der Waals surface area contributed by atoms with Crippen molar-refractivity contribution >= 4 is 17.5 Å². The molecular formula is C14H16N4O2. The van der Waals surface area contributed by atoms with E-state index in [1.165, 1.54) is 17.0 Å². The number of carbonyl (C=O) groups excluding carboxylic acids is 1. The molecule has 0 bridgehead atoms. The first-order chi connectivity index (χ1) is 9.60. The standard InChI is InChI=1S/C14H16N4O2/c1-3-10-5-4-6-11(9-10)16-14(20)17-12-13(19)18(2)8-7-15-12/h4-9H,3H2,1-2H3,(H2,15,16,17,20). The second-order valence-electron chi connectivity index (χ2n) is 4.32. The van der Waals surface area contributed by atoms with E-state index in [0.29, 0.717) is 5.69 Å². The number of hydrogen-bond acceptors (Lipinski definition) is 3. The lowest BCUT2D eigenvalue weighted by Gasteiger charge is -2.08. The summed E-state index contributed by atoms with van der Waals surface area (Å²) in [6, 6.07) is 7.03. The maximum absolute atomic E-state index is 11.8. The monoisotopic (exact) mass is 272 g/mol. The lowest BCUT2D eigenvalue weighted by molar-refractivity contribution is 0.262. The van der Waals surface area contributed by atoms with Crippen LogP contribution in [0.25, 0.3) is 0 Å². The Balaban J connectivity index is 2.09. The Kier molecular flexibility index (Phi) is 4.14. The van der Waals surface area contributed by atoms with Crippen molar-refractivity contribution in [2.45, 2.75) is 13.3 Å². The number of rotatable bonds is 3. The summed E-state index contributed by atoms with van der Waals surface area (Å²) in [6.07, 6.45) is 3.86. The van der Waals surface area contributed by atoms with Gasteiger partial charge < -0.3 is 9.88 Å². The zero-order valence-corrected chi connectivity index (χ0v) is 11.4. The Labute approximate surface area is 116 Å². The smallest absolute Gasteiger partial charge is 0.314 e. The molecule has 0 atom stereocenters. The largest absolute Gasteiger partial charge is 0.325 e. The van der Waals surface area contributed by atoms with Crippen molar-refractivity contribution in [3.63, 3.8) is 0 Å². The van der Waals surface area contributed by atoms with Crippen LogP contribution < -0.4 is 16.2 Å². The molecule has 2 amide bonds. The van der Waals surface area contributed by atoms with E-state index in [2.05, 4.69) is 15.6 Å². The molecular weight excluding hydrogens is 256 g/mol. The van der Waals surface area contributed by atoms with E-state index in [1.807, 2.05) is 25.1 Å². The third kappa shape index (κ3) is 3.23. The van der Waals surface area contributed by atoms with Gasteiger partial charge in [0.15, 0.2) is 0 Å². The molecule has 0 radical (unpaired) electrons. The molecule has 0 aliphatic carbocycles. The quantitative estimate of drug-likeness (QED) is 0.897. The van der Waals surface area contributed by atoms with Crippen LogP contribution in [0.3, 0.4) is 0 Å². The Bertz CT molecular complexity index is 679. The predicted octanol–water partition coefficient (Wildman–Crippen LogP) is 1.99. The number of nitrogens with one attached hydrogen (secondary N) is 2. The van der Waals surface area contributed by atoms with Gasteiger partial charge in [0, 0.05) is 25.1 Å². The molecule has 6 nitrogen and oxygen atoms in total. The predicted molar refractivity (Wildman–Crippen MR) is 77.9 cm³/mol. The molecule has 0 aliphatic heterocycles. The number of aryl methyl sites for hydroxylation is 2. The van der Waals surface area contributed by atoms with Gasteiger partial charge in [-0.1, -0.05) is 19.1 Å². The number of carbonyl (C=O) groups is 1. The summed E-state index contributed by atoms with van der Waals surface area (Å²) < 4.78 is 1.35. The highest BCUT2D eigenvalue weighted by atomic mass is 16.2. The minimum atomic E-state index is -0.492. The molecule has 0 saturated heterocycles. The Morgan fingerprint density at radius 3 is 2.90 bits per heavy atom. The van der Waals surface area contributed by atoms with Gasteiger partial charge in [-0.15, -0.1) is 0 Å². The van der Waals surface area contributed by atoms with E-state index in [0.717, 1.165) is 12.0 Å². The fourth-order valence-electron chi connectivity index (χ4n) is 1.72. The fraction of sp³-hybridized carbons (Fsp3) is 0.214. The molecule has 0 spiro atoms. The fourth-order valence-corrected chi connectivity index (χ4v) is 1.72. The van der Waals surface area contributed by atoms with Crippen LogP contribution in [0, 0.1) is 0 Å². The number of anilines is 2. The molecule has 104 valence electrons. The van der Waals surface area contributed by atoms with Gasteiger partial charge in [0.25, 0.3) is 5.56 Å². The maximum Gasteiger partial charge on any atom is 0.325 e. The summed E-state index contributed by atoms with van der Waals surface area (Å²) in [4.78, 5) is 27.4. The van der Waals surface area contributed by atoms with Crippen molar-refractivity contribution in [3.05, 3.63) is 52.6 Å². The minimum Gasteiger partial charge on any atom is -0.314 e. The lowest BCUT2D eigenvalue weighted by atomic mass is 10.1. The van der Waals surface area contributed by atoms with Crippen molar-refractivity contribution in [3.8, 4) is 0 Å². The van der Waals surface area contributed by atoms with Gasteiger partial charge in [0.2, 0.25) is 5.82 Å². The number of hydrogen-bond donors (Lipinski definition) is 2. The van der Waals surface area contributed by atoms with Crippen LogP contribution in [-0.4, -0.2) is 15.6 Å². The molecule has 1 aromatic carbocycles. The second kappa shape index (κ2) is 6.01. The van der Waals surface area contributed by atoms with E-state index in [-0.39, 0.29) is 11.4 Å². The highest BCUT2D eigenvalue weighted by Crippen LogP contribution is 2.11. The second-order valence-corrected chi connectivity index (χ2v) is 4.32. The molecule has 1 aromatic heterocycles. The molecule has 2 rings (SSSR count). The summed E-state index contributed by atoms with van der Waals surface area (Å²) in [5.41, 5.74) is 1.44. The molecule has 6 heteroatoms. The highest BCUT2D eigenvalue weighted by molar-refractivity contribution is 5.99. The summed E-state index contributed by atoms with van der Waals surface area (Å²) >= 11 is 0. The van der Waals surface area contributed by atoms with Crippen molar-refractivity contribution in [1.29, 1.82) is 0 Å². The zero-order chi connectivity index (χ0) is 14.5. The number of nitrogens with zero attached hydrogens (tertiary/aromatic N) is 2. The topological polar surface area (TPSA) is 76.0 Å². The zero-order valence-electron chi connectivity index (χ0n) is 11.4. The van der Waals surface area contributed by atoms with E-state index in [4.69, 9.17) is 0 Å². The van der Waals surface area contributed by atoms with E-state index in [1.54, 1.807) is 13.1 Å². The van der Waals surface area contributed by atoms with Crippen LogP contribution in [0.15, 0.2) is 41.5 Å². The average molecular weight is 272 g/mol. The van der Waals surface area contributed by atoms with Gasteiger partial charge in [0.1, 0.15) is 0 Å². The van der Waals surface area contributed by atoms with Crippen LogP contribution in [0.1, 0.15) is 12.5 Å². The Morgan fingerprint density at radius 1 is 1.35 bits per heavy atom. The van der Waals surface area contributed by atoms with Crippen LogP contribution >= 0.6 is 0 Å². The van der Waals surface area contributed by atoms with Crippen LogP contribution in [-0.2, 0) is 13.5 Å². The average Bonchev–Trinajstić information content (AvgIpc) is 2.44. The number of aromatic nitrogens is 2. The summed E-state index contributed by atoms with van der Waals surface area (Å²) in [7, 11) is 1.60. The van der Waals surface area contributed by atoms with Gasteiger partial charge >= 0.3 is 6.03 Å². The van der Waals surface area contributed by atoms with Gasteiger partial charge in [0.05, 0.1) is 0 Å². The molecule has 2 aromatic rings. The van der Waals surface area contributed by atoms with Gasteiger partial charge in [-0.3, -0.25) is 10.1 Å². The van der Waals surface area contributed by atoms with Gasteiger partial charge in [-0.05, 0) is 24.1 Å².